The maximum Gasteiger partial charge on any atom is 0.178 e. The van der Waals surface area contributed by atoms with Crippen molar-refractivity contribution in [1.29, 1.82) is 0 Å². The topological polar surface area (TPSA) is 3.01 Å². The van der Waals surface area contributed by atoms with Crippen molar-refractivity contribution in [3.63, 3.8) is 0 Å². The maximum atomic E-state index is 2.31. The second-order valence-corrected chi connectivity index (χ2v) is 6.33. The number of nitrogens with zero attached hydrogens (tertiary/aromatic N) is 1. The molecule has 2 aromatic rings. The molecule has 0 N–H and O–H groups in total. The molecule has 1 nitrogen and oxygen atoms in total. The molecule has 3 rings (SSSR count). The zero-order chi connectivity index (χ0) is 15.0. The zero-order valence-corrected chi connectivity index (χ0v) is 13.2. The average Bonchev–Trinajstić information content (AvgIpc) is 2.50. The molecule has 1 heterocycles. The van der Waals surface area contributed by atoms with Crippen LogP contribution in [0.4, 0.5) is 0 Å². The molecule has 0 atom stereocenters. The second-order valence-electron chi connectivity index (χ2n) is 6.33. The third-order valence-electron chi connectivity index (χ3n) is 4.52. The van der Waals surface area contributed by atoms with Crippen LogP contribution < -0.4 is 0 Å². The van der Waals surface area contributed by atoms with E-state index in [0.717, 1.165) is 0 Å². The van der Waals surface area contributed by atoms with Crippen molar-refractivity contribution in [3.05, 3.63) is 76.5 Å². The molecule has 106 valence electrons. The zero-order valence-electron chi connectivity index (χ0n) is 13.2. The minimum Gasteiger partial charge on any atom is -0.205 e. The molecule has 21 heavy (non-hydrogen) atoms. The van der Waals surface area contributed by atoms with Crippen molar-refractivity contribution >= 4 is 12.3 Å². The molecule has 1 heteroatoms. The minimum absolute atomic E-state index is 0.0222. The van der Waals surface area contributed by atoms with Crippen LogP contribution in [0.15, 0.2) is 54.2 Å². The molecule has 1 aliphatic heterocycles. The van der Waals surface area contributed by atoms with E-state index in [1.807, 2.05) is 0 Å². The van der Waals surface area contributed by atoms with Gasteiger partial charge in [0.25, 0.3) is 0 Å². The summed E-state index contributed by atoms with van der Waals surface area (Å²) in [5, 5.41) is 0. The molecule has 0 spiro atoms. The fourth-order valence-electron chi connectivity index (χ4n) is 3.15. The van der Waals surface area contributed by atoms with Crippen molar-refractivity contribution in [3.8, 4) is 0 Å². The van der Waals surface area contributed by atoms with E-state index >= 15 is 0 Å². The number of hydrogen-bond acceptors (Lipinski definition) is 0. The quantitative estimate of drug-likeness (QED) is 0.625. The van der Waals surface area contributed by atoms with E-state index in [1.165, 1.54) is 28.0 Å². The van der Waals surface area contributed by atoms with Crippen LogP contribution in [-0.4, -0.2) is 17.8 Å². The highest BCUT2D eigenvalue weighted by molar-refractivity contribution is 5.80. The highest BCUT2D eigenvalue weighted by Crippen LogP contribution is 2.36. The van der Waals surface area contributed by atoms with Crippen LogP contribution in [0, 0.1) is 0 Å². The smallest absolute Gasteiger partial charge is 0.178 e. The lowest BCUT2D eigenvalue weighted by Crippen LogP contribution is -2.22. The molecular formula is C20H22N+. The lowest BCUT2D eigenvalue weighted by Gasteiger charge is -2.28. The SMILES string of the molecule is CC1=Cc2ccccc2C(C)(C)c2ccccc2C=[N+]1C. The van der Waals surface area contributed by atoms with Crippen molar-refractivity contribution in [1.82, 2.24) is 0 Å². The highest BCUT2D eigenvalue weighted by Gasteiger charge is 2.29. The Kier molecular flexibility index (Phi) is 3.29. The second kappa shape index (κ2) is 5.00. The third-order valence-corrected chi connectivity index (χ3v) is 4.52. The van der Waals surface area contributed by atoms with Gasteiger partial charge in [0.05, 0.1) is 0 Å². The van der Waals surface area contributed by atoms with Crippen molar-refractivity contribution in [2.75, 3.05) is 7.05 Å². The first-order valence-electron chi connectivity index (χ1n) is 7.45. The number of benzene rings is 2. The minimum atomic E-state index is -0.0222. The third kappa shape index (κ3) is 2.33. The molecule has 0 aliphatic carbocycles. The predicted molar refractivity (Wildman–Crippen MR) is 90.0 cm³/mol. The van der Waals surface area contributed by atoms with Gasteiger partial charge in [-0.3, -0.25) is 0 Å². The van der Waals surface area contributed by atoms with Crippen molar-refractivity contribution in [2.24, 2.45) is 0 Å². The van der Waals surface area contributed by atoms with Gasteiger partial charge in [-0.25, -0.2) is 4.58 Å². The van der Waals surface area contributed by atoms with Crippen LogP contribution >= 0.6 is 0 Å². The Bertz CT molecular complexity index is 684. The summed E-state index contributed by atoms with van der Waals surface area (Å²) in [6, 6.07) is 17.4. The molecule has 1 aliphatic rings. The van der Waals surface area contributed by atoms with Crippen LogP contribution in [0.1, 0.15) is 43.0 Å². The summed E-state index contributed by atoms with van der Waals surface area (Å²) in [6.45, 7) is 6.79. The van der Waals surface area contributed by atoms with Gasteiger partial charge in [-0.05, 0) is 22.8 Å². The number of rotatable bonds is 0. The molecule has 0 radical (unpaired) electrons. The fourth-order valence-corrected chi connectivity index (χ4v) is 3.15. The van der Waals surface area contributed by atoms with Crippen LogP contribution in [0.3, 0.4) is 0 Å². The van der Waals surface area contributed by atoms with Gasteiger partial charge in [-0.1, -0.05) is 56.3 Å². The summed E-state index contributed by atoms with van der Waals surface area (Å²) in [6.07, 6.45) is 4.51. The molecular weight excluding hydrogens is 254 g/mol. The Morgan fingerprint density at radius 3 is 2.00 bits per heavy atom. The molecule has 2 aromatic carbocycles. The van der Waals surface area contributed by atoms with Gasteiger partial charge in [0.1, 0.15) is 7.05 Å². The van der Waals surface area contributed by atoms with Gasteiger partial charge < -0.3 is 0 Å². The molecule has 0 aromatic heterocycles. The van der Waals surface area contributed by atoms with Gasteiger partial charge in [-0.2, -0.15) is 0 Å². The first kappa shape index (κ1) is 13.8. The van der Waals surface area contributed by atoms with Gasteiger partial charge in [-0.15, -0.1) is 0 Å². The lowest BCUT2D eigenvalue weighted by molar-refractivity contribution is -0.436. The van der Waals surface area contributed by atoms with Gasteiger partial charge in [0, 0.05) is 24.0 Å². The molecule has 0 amide bonds. The number of hydrogen-bond donors (Lipinski definition) is 0. The monoisotopic (exact) mass is 276 g/mol. The largest absolute Gasteiger partial charge is 0.205 e. The maximum absolute atomic E-state index is 2.31. The summed E-state index contributed by atoms with van der Waals surface area (Å²) >= 11 is 0. The molecule has 0 saturated heterocycles. The van der Waals surface area contributed by atoms with Crippen molar-refractivity contribution in [2.45, 2.75) is 26.2 Å². The van der Waals surface area contributed by atoms with Crippen LogP contribution in [0.5, 0.6) is 0 Å². The summed E-state index contributed by atoms with van der Waals surface area (Å²) in [5.74, 6) is 0. The number of fused-ring (bicyclic) bond motifs is 2. The Morgan fingerprint density at radius 1 is 0.810 bits per heavy atom. The Hall–Kier alpha value is -2.15. The van der Waals surface area contributed by atoms with Gasteiger partial charge in [0.15, 0.2) is 11.9 Å². The highest BCUT2D eigenvalue weighted by atomic mass is 15.0. The fraction of sp³-hybridized carbons (Fsp3) is 0.250. The van der Waals surface area contributed by atoms with E-state index < -0.39 is 0 Å². The summed E-state index contributed by atoms with van der Waals surface area (Å²) in [5.41, 5.74) is 6.56. The normalized spacial score (nSPS) is 16.6. The van der Waals surface area contributed by atoms with E-state index in [-0.39, 0.29) is 5.41 Å². The van der Waals surface area contributed by atoms with E-state index in [4.69, 9.17) is 0 Å². The first-order valence-corrected chi connectivity index (χ1v) is 7.45. The van der Waals surface area contributed by atoms with E-state index in [2.05, 4.69) is 93.2 Å². The molecule has 0 bridgehead atoms. The van der Waals surface area contributed by atoms with Gasteiger partial charge in [0.2, 0.25) is 0 Å². The number of allylic oxidation sites excluding steroid dienone is 1. The Morgan fingerprint density at radius 2 is 1.33 bits per heavy atom. The molecule has 0 saturated carbocycles. The standard InChI is InChI=1S/C20H22N/c1-15-13-16-9-5-7-11-18(16)20(2,3)19-12-8-6-10-17(19)14-21(15)4/h5-14H,1-4H3/q+1. The Balaban J connectivity index is 2.40. The first-order chi connectivity index (χ1) is 10.00. The summed E-state index contributed by atoms with van der Waals surface area (Å²) in [7, 11) is 2.11. The average molecular weight is 276 g/mol. The van der Waals surface area contributed by atoms with E-state index in [1.54, 1.807) is 0 Å². The summed E-state index contributed by atoms with van der Waals surface area (Å²) < 4.78 is 2.21. The van der Waals surface area contributed by atoms with E-state index in [0.29, 0.717) is 0 Å². The van der Waals surface area contributed by atoms with Crippen molar-refractivity contribution < 1.29 is 4.58 Å². The van der Waals surface area contributed by atoms with Gasteiger partial charge >= 0.3 is 0 Å². The molecule has 0 fully saturated rings. The summed E-state index contributed by atoms with van der Waals surface area (Å²) in [4.78, 5) is 0. The van der Waals surface area contributed by atoms with E-state index in [9.17, 15) is 0 Å². The van der Waals surface area contributed by atoms with Crippen LogP contribution in [-0.2, 0) is 5.41 Å². The molecule has 0 unspecified atom stereocenters. The lowest BCUT2D eigenvalue weighted by atomic mass is 9.74. The van der Waals surface area contributed by atoms with Crippen LogP contribution in [0.25, 0.3) is 6.08 Å². The Labute approximate surface area is 127 Å². The van der Waals surface area contributed by atoms with Crippen LogP contribution in [0.2, 0.25) is 0 Å². The predicted octanol–water partition coefficient (Wildman–Crippen LogP) is 4.45.